The van der Waals surface area contributed by atoms with Crippen LogP contribution in [-0.4, -0.2) is 36.1 Å². The number of piperidine rings is 1. The number of rotatable bonds is 0. The number of allylic oxidation sites excluding steroid dienone is 1. The Morgan fingerprint density at radius 3 is 3.00 bits per heavy atom. The van der Waals surface area contributed by atoms with Gasteiger partial charge in [-0.3, -0.25) is 9.69 Å². The molecule has 2 aliphatic heterocycles. The highest BCUT2D eigenvalue weighted by molar-refractivity contribution is 5.86. The van der Waals surface area contributed by atoms with E-state index >= 15 is 0 Å². The third kappa shape index (κ3) is 1.22. The fourth-order valence-electron chi connectivity index (χ4n) is 10.3. The van der Waals surface area contributed by atoms with Gasteiger partial charge in [-0.1, -0.05) is 25.5 Å². The molecule has 0 unspecified atom stereocenters. The van der Waals surface area contributed by atoms with Crippen LogP contribution >= 0.6 is 0 Å². The zero-order chi connectivity index (χ0) is 16.8. The molecule has 0 aromatic rings. The number of fused-ring (bicyclic) bond motifs is 4. The van der Waals surface area contributed by atoms with E-state index in [1.165, 1.54) is 37.7 Å². The summed E-state index contributed by atoms with van der Waals surface area (Å²) in [6.45, 7) is 8.83. The number of ketones is 1. The van der Waals surface area contributed by atoms with E-state index in [4.69, 9.17) is 4.74 Å². The molecule has 8 aliphatic rings. The van der Waals surface area contributed by atoms with E-state index in [9.17, 15) is 4.79 Å². The Balaban J connectivity index is 1.54. The second-order valence-corrected chi connectivity index (χ2v) is 10.8. The molecule has 6 bridgehead atoms. The van der Waals surface area contributed by atoms with Crippen molar-refractivity contribution >= 4 is 5.78 Å². The van der Waals surface area contributed by atoms with Crippen LogP contribution in [0.3, 0.4) is 0 Å². The Bertz CT molecular complexity index is 732. The van der Waals surface area contributed by atoms with Gasteiger partial charge in [0.15, 0.2) is 0 Å². The van der Waals surface area contributed by atoms with Crippen molar-refractivity contribution in [3.8, 4) is 0 Å². The second kappa shape index (κ2) is 3.94. The van der Waals surface area contributed by atoms with E-state index in [0.717, 1.165) is 43.7 Å². The van der Waals surface area contributed by atoms with Gasteiger partial charge in [-0.15, -0.1) is 0 Å². The van der Waals surface area contributed by atoms with Gasteiger partial charge in [0.05, 0.1) is 6.61 Å². The van der Waals surface area contributed by atoms with Crippen LogP contribution in [0.5, 0.6) is 0 Å². The molecule has 9 atom stereocenters. The van der Waals surface area contributed by atoms with E-state index in [1.807, 2.05) is 0 Å². The zero-order valence-electron chi connectivity index (χ0n) is 15.3. The van der Waals surface area contributed by atoms with Gasteiger partial charge in [0.1, 0.15) is 12.0 Å². The number of hydrogen-bond acceptors (Lipinski definition) is 3. The number of Topliss-reactive ketones (excluding diaryl/α,β-unsaturated/α-hetero) is 1. The molecule has 8 fully saturated rings. The molecule has 2 saturated heterocycles. The first kappa shape index (κ1) is 14.4. The minimum atomic E-state index is 0.0533. The quantitative estimate of drug-likeness (QED) is 0.634. The molecule has 0 aromatic heterocycles. The van der Waals surface area contributed by atoms with Crippen molar-refractivity contribution in [1.29, 1.82) is 0 Å². The van der Waals surface area contributed by atoms with Gasteiger partial charge in [-0.25, -0.2) is 0 Å². The van der Waals surface area contributed by atoms with Crippen LogP contribution in [0.4, 0.5) is 0 Å². The molecule has 0 amide bonds. The highest BCUT2D eigenvalue weighted by Gasteiger charge is 2.83. The first-order valence-electron chi connectivity index (χ1n) is 10.6. The topological polar surface area (TPSA) is 29.5 Å². The van der Waals surface area contributed by atoms with Gasteiger partial charge >= 0.3 is 0 Å². The predicted molar refractivity (Wildman–Crippen MR) is 93.6 cm³/mol. The summed E-state index contributed by atoms with van der Waals surface area (Å²) >= 11 is 0. The molecule has 0 aromatic carbocycles. The third-order valence-electron chi connectivity index (χ3n) is 10.4. The third-order valence-corrected chi connectivity index (χ3v) is 10.4. The van der Waals surface area contributed by atoms with Gasteiger partial charge in [0.25, 0.3) is 0 Å². The summed E-state index contributed by atoms with van der Waals surface area (Å²) in [6, 6.07) is 0.618. The maximum Gasteiger partial charge on any atom is 0.137 e. The summed E-state index contributed by atoms with van der Waals surface area (Å²) in [4.78, 5) is 16.5. The van der Waals surface area contributed by atoms with Crippen molar-refractivity contribution in [3.63, 3.8) is 0 Å². The van der Waals surface area contributed by atoms with Crippen LogP contribution in [0.2, 0.25) is 0 Å². The molecular formula is C22H29NO2. The summed E-state index contributed by atoms with van der Waals surface area (Å²) in [7, 11) is 0. The van der Waals surface area contributed by atoms with Crippen molar-refractivity contribution in [3.05, 3.63) is 12.2 Å². The lowest BCUT2D eigenvalue weighted by Gasteiger charge is -2.67. The van der Waals surface area contributed by atoms with E-state index in [1.54, 1.807) is 0 Å². The Labute approximate surface area is 150 Å². The SMILES string of the molecule is C=C1C[C@@]23CC(=O)[C@@H]4[C@@]5(C)CCC[C@@]46[C@@H]2C[C@@H]1C[C@@H]3[C@H]6N1CCO[C@H]15. The van der Waals surface area contributed by atoms with Gasteiger partial charge in [0, 0.05) is 35.8 Å². The number of nitrogens with zero attached hydrogens (tertiary/aromatic N) is 1. The summed E-state index contributed by atoms with van der Waals surface area (Å²) in [6.07, 6.45) is 8.64. The van der Waals surface area contributed by atoms with E-state index < -0.39 is 0 Å². The smallest absolute Gasteiger partial charge is 0.137 e. The number of ether oxygens (including phenoxy) is 1. The van der Waals surface area contributed by atoms with Crippen LogP contribution < -0.4 is 0 Å². The van der Waals surface area contributed by atoms with Crippen LogP contribution in [0.1, 0.15) is 51.9 Å². The molecular weight excluding hydrogens is 310 g/mol. The lowest BCUT2D eigenvalue weighted by Crippen LogP contribution is -2.71. The molecule has 6 aliphatic carbocycles. The van der Waals surface area contributed by atoms with Crippen LogP contribution in [-0.2, 0) is 9.53 Å². The minimum Gasteiger partial charge on any atom is -0.361 e. The largest absolute Gasteiger partial charge is 0.361 e. The fourth-order valence-corrected chi connectivity index (χ4v) is 10.3. The lowest BCUT2D eigenvalue weighted by molar-refractivity contribution is -0.233. The molecule has 3 heteroatoms. The molecule has 25 heavy (non-hydrogen) atoms. The van der Waals surface area contributed by atoms with Crippen LogP contribution in [0.25, 0.3) is 0 Å². The standard InChI is InChI=1S/C22H29NO2/c1-12-10-21-11-15(24)17-20(2)4-3-5-22(17)16(21)9-13(12)8-14(21)18(22)23-6-7-25-19(20)23/h13-14,16-19H,1,3-11H2,2H3/t13-,14+,16+,17+,18+,19-,20+,21-,22+/m0/s1. The first-order chi connectivity index (χ1) is 12.0. The van der Waals surface area contributed by atoms with Crippen molar-refractivity contribution in [2.75, 3.05) is 13.2 Å². The highest BCUT2D eigenvalue weighted by atomic mass is 16.5. The molecule has 6 saturated carbocycles. The lowest BCUT2D eigenvalue weighted by atomic mass is 9.39. The highest BCUT2D eigenvalue weighted by Crippen LogP contribution is 2.83. The first-order valence-corrected chi connectivity index (χ1v) is 10.6. The average Bonchev–Trinajstić information content (AvgIpc) is 3.05. The Hall–Kier alpha value is -0.670. The maximum absolute atomic E-state index is 13.7. The Morgan fingerprint density at radius 1 is 1.24 bits per heavy atom. The van der Waals surface area contributed by atoms with E-state index in [-0.39, 0.29) is 28.4 Å². The molecule has 8 rings (SSSR count). The summed E-state index contributed by atoms with van der Waals surface area (Å²) < 4.78 is 6.35. The van der Waals surface area contributed by atoms with Crippen molar-refractivity contribution < 1.29 is 9.53 Å². The van der Waals surface area contributed by atoms with Crippen LogP contribution in [0, 0.1) is 39.9 Å². The molecule has 3 nitrogen and oxygen atoms in total. The molecule has 0 radical (unpaired) electrons. The fraction of sp³-hybridized carbons (Fsp3) is 0.864. The van der Waals surface area contributed by atoms with Gasteiger partial charge in [-0.2, -0.15) is 0 Å². The van der Waals surface area contributed by atoms with Crippen LogP contribution in [0.15, 0.2) is 12.2 Å². The summed E-state index contributed by atoms with van der Waals surface area (Å²) in [5.74, 6) is 3.12. The summed E-state index contributed by atoms with van der Waals surface area (Å²) in [5.41, 5.74) is 2.06. The Morgan fingerprint density at radius 2 is 2.12 bits per heavy atom. The number of hydrogen-bond donors (Lipinski definition) is 0. The number of carbonyl (C=O) groups excluding carboxylic acids is 1. The molecule has 134 valence electrons. The monoisotopic (exact) mass is 339 g/mol. The summed E-state index contributed by atoms with van der Waals surface area (Å²) in [5, 5.41) is 0. The van der Waals surface area contributed by atoms with Crippen molar-refractivity contribution in [2.45, 2.75) is 64.1 Å². The predicted octanol–water partition coefficient (Wildman–Crippen LogP) is 3.39. The van der Waals surface area contributed by atoms with Gasteiger partial charge in [0.2, 0.25) is 0 Å². The number of carbonyl (C=O) groups is 1. The average molecular weight is 339 g/mol. The Kier molecular flexibility index (Phi) is 2.27. The van der Waals surface area contributed by atoms with Gasteiger partial charge < -0.3 is 4.74 Å². The van der Waals surface area contributed by atoms with E-state index in [2.05, 4.69) is 18.4 Å². The second-order valence-electron chi connectivity index (χ2n) is 10.8. The van der Waals surface area contributed by atoms with E-state index in [0.29, 0.717) is 11.8 Å². The molecule has 0 N–H and O–H groups in total. The normalized spacial score (nSPS) is 63.9. The molecule has 2 spiro atoms. The van der Waals surface area contributed by atoms with Crippen molar-refractivity contribution in [1.82, 2.24) is 4.90 Å². The van der Waals surface area contributed by atoms with Crippen molar-refractivity contribution in [2.24, 2.45) is 39.9 Å². The molecule has 2 heterocycles. The van der Waals surface area contributed by atoms with Gasteiger partial charge in [-0.05, 0) is 55.3 Å². The zero-order valence-corrected chi connectivity index (χ0v) is 15.3. The minimum absolute atomic E-state index is 0.0533. The maximum atomic E-state index is 13.7.